The van der Waals surface area contributed by atoms with E-state index in [1.165, 1.54) is 0 Å². The predicted octanol–water partition coefficient (Wildman–Crippen LogP) is 3.54. The summed E-state index contributed by atoms with van der Waals surface area (Å²) < 4.78 is 0. The van der Waals surface area contributed by atoms with Gasteiger partial charge in [0.05, 0.1) is 22.5 Å². The number of benzene rings is 1. The molecule has 0 bridgehead atoms. The van der Waals surface area contributed by atoms with E-state index in [0.717, 1.165) is 40.8 Å². The number of para-hydroxylation sites is 1. The van der Waals surface area contributed by atoms with Gasteiger partial charge in [-0.15, -0.1) is 0 Å². The molecule has 0 unspecified atom stereocenters. The highest BCUT2D eigenvalue weighted by Gasteiger charge is 2.26. The number of nitrogens with two attached hydrogens (primary N) is 1. The van der Waals surface area contributed by atoms with Crippen molar-refractivity contribution < 1.29 is 4.79 Å². The Morgan fingerprint density at radius 2 is 1.92 bits per heavy atom. The van der Waals surface area contributed by atoms with Gasteiger partial charge in [-0.1, -0.05) is 18.2 Å². The van der Waals surface area contributed by atoms with Gasteiger partial charge in [-0.25, -0.2) is 0 Å². The van der Waals surface area contributed by atoms with E-state index in [9.17, 15) is 4.79 Å². The van der Waals surface area contributed by atoms with E-state index in [2.05, 4.69) is 4.98 Å². The minimum absolute atomic E-state index is 0.0513. The molecule has 26 heavy (non-hydrogen) atoms. The Morgan fingerprint density at radius 1 is 1.15 bits per heavy atom. The Kier molecular flexibility index (Phi) is 4.29. The lowest BCUT2D eigenvalue weighted by molar-refractivity contribution is 0.0712. The van der Waals surface area contributed by atoms with Crippen molar-refractivity contribution in [1.29, 1.82) is 0 Å². The van der Waals surface area contributed by atoms with Crippen LogP contribution in [-0.4, -0.2) is 33.9 Å². The van der Waals surface area contributed by atoms with Gasteiger partial charge in [0.1, 0.15) is 0 Å². The van der Waals surface area contributed by atoms with Crippen molar-refractivity contribution in [3.63, 3.8) is 0 Å². The van der Waals surface area contributed by atoms with Crippen molar-refractivity contribution in [1.82, 2.24) is 14.9 Å². The highest BCUT2D eigenvalue weighted by Crippen LogP contribution is 2.32. The van der Waals surface area contributed by atoms with Gasteiger partial charge >= 0.3 is 0 Å². The SMILES string of the molecule is Cc1ccc(C(=O)N2CCC(c3nc4ccccc4cc3N)CC2)cn1. The molecule has 1 aromatic carbocycles. The second-order valence-corrected chi connectivity index (χ2v) is 6.91. The molecule has 0 atom stereocenters. The van der Waals surface area contributed by atoms with E-state index in [1.807, 2.05) is 54.3 Å². The minimum Gasteiger partial charge on any atom is -0.397 e. The third-order valence-corrected chi connectivity index (χ3v) is 5.11. The number of piperidine rings is 1. The molecular weight excluding hydrogens is 324 g/mol. The van der Waals surface area contributed by atoms with E-state index in [1.54, 1.807) is 6.20 Å². The van der Waals surface area contributed by atoms with Crippen LogP contribution in [-0.2, 0) is 0 Å². The van der Waals surface area contributed by atoms with Crippen LogP contribution >= 0.6 is 0 Å². The molecular formula is C21H22N4O. The highest BCUT2D eigenvalue weighted by molar-refractivity contribution is 5.94. The van der Waals surface area contributed by atoms with Crippen molar-refractivity contribution in [2.45, 2.75) is 25.7 Å². The van der Waals surface area contributed by atoms with Gasteiger partial charge in [0.15, 0.2) is 0 Å². The van der Waals surface area contributed by atoms with Gasteiger partial charge in [-0.2, -0.15) is 0 Å². The standard InChI is InChI=1S/C21H22N4O/c1-14-6-7-17(13-23-14)21(26)25-10-8-15(9-11-25)20-18(22)12-16-4-2-3-5-19(16)24-20/h2-7,12-13,15H,8-11,22H2,1H3. The number of amides is 1. The molecule has 1 saturated heterocycles. The molecule has 2 aromatic heterocycles. The van der Waals surface area contributed by atoms with Gasteiger partial charge in [0, 0.05) is 36.3 Å². The quantitative estimate of drug-likeness (QED) is 0.770. The Bertz CT molecular complexity index is 944. The first-order valence-electron chi connectivity index (χ1n) is 8.99. The predicted molar refractivity (Wildman–Crippen MR) is 103 cm³/mol. The number of aromatic nitrogens is 2. The Hall–Kier alpha value is -2.95. The fraction of sp³-hybridized carbons (Fsp3) is 0.286. The Labute approximate surface area is 152 Å². The van der Waals surface area contributed by atoms with E-state index in [-0.39, 0.29) is 5.91 Å². The summed E-state index contributed by atoms with van der Waals surface area (Å²) >= 11 is 0. The number of hydrogen-bond donors (Lipinski definition) is 1. The molecule has 0 aliphatic carbocycles. The largest absolute Gasteiger partial charge is 0.397 e. The molecule has 0 saturated carbocycles. The van der Waals surface area contributed by atoms with Gasteiger partial charge in [0.2, 0.25) is 0 Å². The van der Waals surface area contributed by atoms with Crippen molar-refractivity contribution in [3.05, 3.63) is 65.6 Å². The van der Waals surface area contributed by atoms with E-state index in [0.29, 0.717) is 24.6 Å². The Balaban J connectivity index is 1.49. The average molecular weight is 346 g/mol. The lowest BCUT2D eigenvalue weighted by Crippen LogP contribution is -2.38. The number of fused-ring (bicyclic) bond motifs is 1. The number of hydrogen-bond acceptors (Lipinski definition) is 4. The van der Waals surface area contributed by atoms with Crippen LogP contribution in [0.25, 0.3) is 10.9 Å². The zero-order valence-electron chi connectivity index (χ0n) is 14.9. The maximum absolute atomic E-state index is 12.6. The monoisotopic (exact) mass is 346 g/mol. The van der Waals surface area contributed by atoms with Crippen LogP contribution in [0.5, 0.6) is 0 Å². The Morgan fingerprint density at radius 3 is 2.65 bits per heavy atom. The molecule has 1 aliphatic heterocycles. The molecule has 3 aromatic rings. The van der Waals surface area contributed by atoms with Crippen LogP contribution in [0.2, 0.25) is 0 Å². The van der Waals surface area contributed by atoms with Gasteiger partial charge in [0.25, 0.3) is 5.91 Å². The van der Waals surface area contributed by atoms with E-state index < -0.39 is 0 Å². The number of rotatable bonds is 2. The lowest BCUT2D eigenvalue weighted by Gasteiger charge is -2.32. The number of carbonyl (C=O) groups is 1. The maximum atomic E-state index is 12.6. The summed E-state index contributed by atoms with van der Waals surface area (Å²) in [6.45, 7) is 3.34. The molecule has 0 radical (unpaired) electrons. The number of nitrogen functional groups attached to an aromatic ring is 1. The number of pyridine rings is 2. The van der Waals surface area contributed by atoms with Crippen LogP contribution in [0.4, 0.5) is 5.69 Å². The van der Waals surface area contributed by atoms with E-state index in [4.69, 9.17) is 10.7 Å². The third-order valence-electron chi connectivity index (χ3n) is 5.11. The second kappa shape index (κ2) is 6.75. The summed E-state index contributed by atoms with van der Waals surface area (Å²) in [5.41, 5.74) is 10.5. The summed E-state index contributed by atoms with van der Waals surface area (Å²) in [7, 11) is 0. The van der Waals surface area contributed by atoms with Crippen LogP contribution in [0, 0.1) is 6.92 Å². The molecule has 132 valence electrons. The topological polar surface area (TPSA) is 72.1 Å². The first-order valence-corrected chi connectivity index (χ1v) is 8.99. The zero-order chi connectivity index (χ0) is 18.1. The molecule has 1 fully saturated rings. The molecule has 5 nitrogen and oxygen atoms in total. The van der Waals surface area contributed by atoms with Crippen molar-refractivity contribution in [2.24, 2.45) is 0 Å². The van der Waals surface area contributed by atoms with Crippen molar-refractivity contribution >= 4 is 22.5 Å². The molecule has 5 heteroatoms. The third kappa shape index (κ3) is 3.12. The molecule has 1 aliphatic rings. The number of aryl methyl sites for hydroxylation is 1. The molecule has 4 rings (SSSR count). The van der Waals surface area contributed by atoms with Crippen LogP contribution in [0.3, 0.4) is 0 Å². The smallest absolute Gasteiger partial charge is 0.255 e. The van der Waals surface area contributed by atoms with Crippen LogP contribution in [0.1, 0.15) is 40.5 Å². The maximum Gasteiger partial charge on any atom is 0.255 e. The van der Waals surface area contributed by atoms with Crippen molar-refractivity contribution in [2.75, 3.05) is 18.8 Å². The first kappa shape index (κ1) is 16.5. The summed E-state index contributed by atoms with van der Waals surface area (Å²) in [6, 6.07) is 13.8. The number of likely N-dealkylation sites (tertiary alicyclic amines) is 1. The normalized spacial score (nSPS) is 15.3. The van der Waals surface area contributed by atoms with Gasteiger partial charge in [-0.3, -0.25) is 14.8 Å². The lowest BCUT2D eigenvalue weighted by atomic mass is 9.91. The zero-order valence-corrected chi connectivity index (χ0v) is 14.9. The average Bonchev–Trinajstić information content (AvgIpc) is 2.68. The summed E-state index contributed by atoms with van der Waals surface area (Å²) in [6.07, 6.45) is 3.41. The summed E-state index contributed by atoms with van der Waals surface area (Å²) in [4.78, 5) is 23.6. The van der Waals surface area contributed by atoms with Crippen LogP contribution in [0.15, 0.2) is 48.7 Å². The minimum atomic E-state index is 0.0513. The van der Waals surface area contributed by atoms with Gasteiger partial charge < -0.3 is 10.6 Å². The molecule has 0 spiro atoms. The number of nitrogens with zero attached hydrogens (tertiary/aromatic N) is 3. The molecule has 2 N–H and O–H groups in total. The first-order chi connectivity index (χ1) is 12.6. The van der Waals surface area contributed by atoms with E-state index >= 15 is 0 Å². The fourth-order valence-corrected chi connectivity index (χ4v) is 3.61. The summed E-state index contributed by atoms with van der Waals surface area (Å²) in [5, 5.41) is 1.06. The van der Waals surface area contributed by atoms with Crippen molar-refractivity contribution in [3.8, 4) is 0 Å². The van der Waals surface area contributed by atoms with Crippen LogP contribution < -0.4 is 5.73 Å². The number of carbonyl (C=O) groups excluding carboxylic acids is 1. The second-order valence-electron chi connectivity index (χ2n) is 6.91. The highest BCUT2D eigenvalue weighted by atomic mass is 16.2. The van der Waals surface area contributed by atoms with Gasteiger partial charge in [-0.05, 0) is 44.0 Å². The molecule has 3 heterocycles. The molecule has 1 amide bonds. The summed E-state index contributed by atoms with van der Waals surface area (Å²) in [5.74, 6) is 0.343. The number of anilines is 1. The fourth-order valence-electron chi connectivity index (χ4n) is 3.61.